The number of nitrogens with two attached hydrogens (primary N) is 1. The van der Waals surface area contributed by atoms with Crippen molar-refractivity contribution in [1.82, 2.24) is 0 Å². The van der Waals surface area contributed by atoms with Gasteiger partial charge in [0.1, 0.15) is 0 Å². The lowest BCUT2D eigenvalue weighted by molar-refractivity contribution is 0.0618. The summed E-state index contributed by atoms with van der Waals surface area (Å²) in [5.74, 6) is 0.734. The molecular formula is C15H23NO. The molecule has 0 aliphatic carbocycles. The monoisotopic (exact) mass is 233 g/mol. The van der Waals surface area contributed by atoms with Gasteiger partial charge in [0.15, 0.2) is 0 Å². The Morgan fingerprint density at radius 3 is 2.41 bits per heavy atom. The van der Waals surface area contributed by atoms with Gasteiger partial charge in [-0.3, -0.25) is 0 Å². The minimum Gasteiger partial charge on any atom is -0.381 e. The maximum Gasteiger partial charge on any atom is 0.0468 e. The first-order chi connectivity index (χ1) is 8.18. The Kier molecular flexibility index (Phi) is 4.19. The zero-order valence-corrected chi connectivity index (χ0v) is 10.9. The Labute approximate surface area is 104 Å². The summed E-state index contributed by atoms with van der Waals surface area (Å²) in [7, 11) is 0. The van der Waals surface area contributed by atoms with E-state index in [0.717, 1.165) is 25.6 Å². The minimum atomic E-state index is 0.180. The van der Waals surface area contributed by atoms with E-state index in [1.807, 2.05) is 0 Å². The van der Waals surface area contributed by atoms with Crippen LogP contribution in [-0.2, 0) is 4.74 Å². The molecule has 2 heteroatoms. The number of rotatable bonds is 3. The molecule has 2 rings (SSSR count). The summed E-state index contributed by atoms with van der Waals surface area (Å²) >= 11 is 0. The molecule has 1 aliphatic heterocycles. The summed E-state index contributed by atoms with van der Waals surface area (Å²) in [6.45, 7) is 6.13. The molecule has 0 spiro atoms. The molecule has 94 valence electrons. The summed E-state index contributed by atoms with van der Waals surface area (Å²) < 4.78 is 5.39. The van der Waals surface area contributed by atoms with Gasteiger partial charge in [-0.05, 0) is 55.7 Å². The van der Waals surface area contributed by atoms with Crippen LogP contribution in [0.3, 0.4) is 0 Å². The van der Waals surface area contributed by atoms with Gasteiger partial charge in [0.2, 0.25) is 0 Å². The molecule has 0 aromatic heterocycles. The summed E-state index contributed by atoms with van der Waals surface area (Å²) in [5, 5.41) is 0. The van der Waals surface area contributed by atoms with E-state index in [9.17, 15) is 0 Å². The number of hydrogen-bond acceptors (Lipinski definition) is 2. The van der Waals surface area contributed by atoms with Crippen molar-refractivity contribution in [3.8, 4) is 0 Å². The third-order valence-corrected chi connectivity index (χ3v) is 3.84. The normalized spacial score (nSPS) is 19.2. The topological polar surface area (TPSA) is 35.2 Å². The van der Waals surface area contributed by atoms with Gasteiger partial charge < -0.3 is 10.5 Å². The number of ether oxygens (including phenoxy) is 1. The standard InChI is InChI=1S/C15H23NO/c1-11-4-3-5-12(2)15(11)14(16)10-13-6-8-17-9-7-13/h3-5,13-14H,6-10,16H2,1-2H3. The molecule has 1 atom stereocenters. The van der Waals surface area contributed by atoms with E-state index in [-0.39, 0.29) is 6.04 Å². The highest BCUT2D eigenvalue weighted by atomic mass is 16.5. The lowest BCUT2D eigenvalue weighted by Crippen LogP contribution is -2.22. The summed E-state index contributed by atoms with van der Waals surface area (Å²) in [6.07, 6.45) is 3.42. The Bertz CT molecular complexity index is 349. The van der Waals surface area contributed by atoms with Crippen LogP contribution in [0.4, 0.5) is 0 Å². The fourth-order valence-corrected chi connectivity index (χ4v) is 2.87. The largest absolute Gasteiger partial charge is 0.381 e. The first-order valence-electron chi connectivity index (χ1n) is 6.58. The van der Waals surface area contributed by atoms with Crippen LogP contribution < -0.4 is 5.73 Å². The molecule has 1 heterocycles. The second kappa shape index (κ2) is 5.65. The molecule has 1 aromatic rings. The highest BCUT2D eigenvalue weighted by Crippen LogP contribution is 2.29. The van der Waals surface area contributed by atoms with Gasteiger partial charge in [-0.2, -0.15) is 0 Å². The predicted octanol–water partition coefficient (Wildman–Crippen LogP) is 3.12. The van der Waals surface area contributed by atoms with E-state index < -0.39 is 0 Å². The Hall–Kier alpha value is -0.860. The Morgan fingerprint density at radius 1 is 1.24 bits per heavy atom. The van der Waals surface area contributed by atoms with Gasteiger partial charge >= 0.3 is 0 Å². The first kappa shape index (κ1) is 12.6. The van der Waals surface area contributed by atoms with E-state index in [1.165, 1.54) is 29.5 Å². The smallest absolute Gasteiger partial charge is 0.0468 e. The van der Waals surface area contributed by atoms with Crippen LogP contribution in [0.15, 0.2) is 18.2 Å². The van der Waals surface area contributed by atoms with E-state index in [1.54, 1.807) is 0 Å². The quantitative estimate of drug-likeness (QED) is 0.870. The van der Waals surface area contributed by atoms with Gasteiger partial charge in [0.05, 0.1) is 0 Å². The molecule has 0 amide bonds. The second-order valence-electron chi connectivity index (χ2n) is 5.20. The fraction of sp³-hybridized carbons (Fsp3) is 0.600. The van der Waals surface area contributed by atoms with E-state index in [2.05, 4.69) is 32.0 Å². The molecule has 1 fully saturated rings. The molecule has 1 aromatic carbocycles. The predicted molar refractivity (Wildman–Crippen MR) is 71.0 cm³/mol. The van der Waals surface area contributed by atoms with Gasteiger partial charge in [-0.1, -0.05) is 18.2 Å². The molecule has 0 saturated carbocycles. The first-order valence-corrected chi connectivity index (χ1v) is 6.58. The van der Waals surface area contributed by atoms with Crippen molar-refractivity contribution in [3.63, 3.8) is 0 Å². The highest BCUT2D eigenvalue weighted by Gasteiger charge is 2.19. The van der Waals surface area contributed by atoms with Gasteiger partial charge in [0.25, 0.3) is 0 Å². The molecule has 0 radical (unpaired) electrons. The zero-order valence-electron chi connectivity index (χ0n) is 10.9. The molecule has 0 bridgehead atoms. The van der Waals surface area contributed by atoms with Crippen molar-refractivity contribution in [2.75, 3.05) is 13.2 Å². The SMILES string of the molecule is Cc1cccc(C)c1C(N)CC1CCOCC1. The van der Waals surface area contributed by atoms with E-state index in [4.69, 9.17) is 10.5 Å². The lowest BCUT2D eigenvalue weighted by atomic mass is 9.87. The molecular weight excluding hydrogens is 210 g/mol. The third kappa shape index (κ3) is 3.08. The number of hydrogen-bond donors (Lipinski definition) is 1. The van der Waals surface area contributed by atoms with Crippen molar-refractivity contribution in [3.05, 3.63) is 34.9 Å². The van der Waals surface area contributed by atoms with E-state index >= 15 is 0 Å². The molecule has 2 N–H and O–H groups in total. The minimum absolute atomic E-state index is 0.180. The molecule has 2 nitrogen and oxygen atoms in total. The second-order valence-corrected chi connectivity index (χ2v) is 5.20. The van der Waals surface area contributed by atoms with Crippen LogP contribution in [0.25, 0.3) is 0 Å². The van der Waals surface area contributed by atoms with Crippen molar-refractivity contribution in [2.24, 2.45) is 11.7 Å². The van der Waals surface area contributed by atoms with Crippen molar-refractivity contribution >= 4 is 0 Å². The number of benzene rings is 1. The molecule has 1 saturated heterocycles. The summed E-state index contributed by atoms with van der Waals surface area (Å²) in [6, 6.07) is 6.60. The molecule has 1 unspecified atom stereocenters. The maximum atomic E-state index is 6.39. The average molecular weight is 233 g/mol. The molecule has 1 aliphatic rings. The third-order valence-electron chi connectivity index (χ3n) is 3.84. The Balaban J connectivity index is 2.05. The van der Waals surface area contributed by atoms with Crippen LogP contribution in [0.1, 0.15) is 42.0 Å². The van der Waals surface area contributed by atoms with Crippen LogP contribution >= 0.6 is 0 Å². The van der Waals surface area contributed by atoms with Gasteiger partial charge in [-0.15, -0.1) is 0 Å². The fourth-order valence-electron chi connectivity index (χ4n) is 2.87. The van der Waals surface area contributed by atoms with E-state index in [0.29, 0.717) is 0 Å². The maximum absolute atomic E-state index is 6.39. The number of aryl methyl sites for hydroxylation is 2. The highest BCUT2D eigenvalue weighted by molar-refractivity contribution is 5.35. The van der Waals surface area contributed by atoms with Crippen molar-refractivity contribution in [1.29, 1.82) is 0 Å². The van der Waals surface area contributed by atoms with Crippen molar-refractivity contribution in [2.45, 2.75) is 39.2 Å². The van der Waals surface area contributed by atoms with Gasteiger partial charge in [-0.25, -0.2) is 0 Å². The van der Waals surface area contributed by atoms with Crippen molar-refractivity contribution < 1.29 is 4.74 Å². The van der Waals surface area contributed by atoms with Crippen LogP contribution in [-0.4, -0.2) is 13.2 Å². The summed E-state index contributed by atoms with van der Waals surface area (Å²) in [4.78, 5) is 0. The Morgan fingerprint density at radius 2 is 1.82 bits per heavy atom. The molecule has 17 heavy (non-hydrogen) atoms. The van der Waals surface area contributed by atoms with Gasteiger partial charge in [0, 0.05) is 19.3 Å². The summed E-state index contributed by atoms with van der Waals surface area (Å²) in [5.41, 5.74) is 10.4. The van der Waals surface area contributed by atoms with Crippen LogP contribution in [0, 0.1) is 19.8 Å². The average Bonchev–Trinajstić information content (AvgIpc) is 2.30. The zero-order chi connectivity index (χ0) is 12.3. The lowest BCUT2D eigenvalue weighted by Gasteiger charge is -2.26. The van der Waals surface area contributed by atoms with Crippen LogP contribution in [0.2, 0.25) is 0 Å². The van der Waals surface area contributed by atoms with Crippen LogP contribution in [0.5, 0.6) is 0 Å².